The van der Waals surface area contributed by atoms with Crippen LogP contribution in [-0.4, -0.2) is 29.2 Å². The molecular weight excluding hydrogens is 320 g/mol. The molecule has 0 saturated carbocycles. The highest BCUT2D eigenvalue weighted by atomic mass is 79.9. The number of halogens is 1. The number of nitrogens with zero attached hydrogens (tertiary/aromatic N) is 1. The number of rotatable bonds is 1. The van der Waals surface area contributed by atoms with E-state index in [1.807, 2.05) is 45.0 Å². The van der Waals surface area contributed by atoms with Crippen molar-refractivity contribution in [1.82, 2.24) is 4.90 Å². The summed E-state index contributed by atoms with van der Waals surface area (Å²) in [6, 6.07) is 7.76. The zero-order valence-corrected chi connectivity index (χ0v) is 13.7. The van der Waals surface area contributed by atoms with Crippen molar-refractivity contribution in [2.75, 3.05) is 6.54 Å². The largest absolute Gasteiger partial charge is 0.444 e. The van der Waals surface area contributed by atoms with Gasteiger partial charge >= 0.3 is 6.09 Å². The SMILES string of the molecule is CC(C)(C)OC(=O)N1CC[C@H](N)[C@@H]1c1ccc(Br)cc1. The third kappa shape index (κ3) is 3.52. The molecule has 0 spiro atoms. The van der Waals surface area contributed by atoms with Crippen LogP contribution in [0.15, 0.2) is 28.7 Å². The Hall–Kier alpha value is -1.07. The van der Waals surface area contributed by atoms with Crippen molar-refractivity contribution < 1.29 is 9.53 Å². The predicted molar refractivity (Wildman–Crippen MR) is 82.4 cm³/mol. The van der Waals surface area contributed by atoms with E-state index in [2.05, 4.69) is 15.9 Å². The van der Waals surface area contributed by atoms with Crippen LogP contribution >= 0.6 is 15.9 Å². The van der Waals surface area contributed by atoms with E-state index in [-0.39, 0.29) is 18.2 Å². The van der Waals surface area contributed by atoms with Crippen molar-refractivity contribution in [3.05, 3.63) is 34.3 Å². The van der Waals surface area contributed by atoms with Crippen molar-refractivity contribution >= 4 is 22.0 Å². The van der Waals surface area contributed by atoms with E-state index in [0.717, 1.165) is 16.5 Å². The normalized spacial score (nSPS) is 22.9. The number of hydrogen-bond acceptors (Lipinski definition) is 3. The molecule has 0 radical (unpaired) electrons. The Kier molecular flexibility index (Phi) is 4.39. The second-order valence-electron chi connectivity index (χ2n) is 6.12. The Morgan fingerprint density at radius 2 is 1.95 bits per heavy atom. The minimum atomic E-state index is -0.492. The van der Waals surface area contributed by atoms with Gasteiger partial charge in [-0.05, 0) is 44.9 Å². The topological polar surface area (TPSA) is 55.6 Å². The third-order valence-electron chi connectivity index (χ3n) is 3.28. The molecule has 1 aliphatic rings. The molecule has 2 atom stereocenters. The lowest BCUT2D eigenvalue weighted by Gasteiger charge is -2.30. The molecule has 0 unspecified atom stereocenters. The van der Waals surface area contributed by atoms with E-state index in [1.54, 1.807) is 4.90 Å². The van der Waals surface area contributed by atoms with Crippen LogP contribution in [0.3, 0.4) is 0 Å². The molecule has 2 N–H and O–H groups in total. The summed E-state index contributed by atoms with van der Waals surface area (Å²) in [4.78, 5) is 14.0. The van der Waals surface area contributed by atoms with Gasteiger partial charge < -0.3 is 10.5 Å². The van der Waals surface area contributed by atoms with Crippen molar-refractivity contribution in [2.24, 2.45) is 5.73 Å². The quantitative estimate of drug-likeness (QED) is 0.851. The molecule has 0 bridgehead atoms. The predicted octanol–water partition coefficient (Wildman–Crippen LogP) is 3.46. The summed E-state index contributed by atoms with van der Waals surface area (Å²) in [6.07, 6.45) is 0.498. The van der Waals surface area contributed by atoms with Gasteiger partial charge in [0.15, 0.2) is 0 Å². The molecule has 20 heavy (non-hydrogen) atoms. The number of likely N-dealkylation sites (tertiary alicyclic amines) is 1. The van der Waals surface area contributed by atoms with Crippen molar-refractivity contribution in [3.63, 3.8) is 0 Å². The zero-order chi connectivity index (χ0) is 14.9. The number of carbonyl (C=O) groups is 1. The van der Waals surface area contributed by atoms with Crippen LogP contribution in [0, 0.1) is 0 Å². The van der Waals surface area contributed by atoms with Gasteiger partial charge in [0.2, 0.25) is 0 Å². The average Bonchev–Trinajstić information content (AvgIpc) is 2.70. The highest BCUT2D eigenvalue weighted by Gasteiger charge is 2.38. The van der Waals surface area contributed by atoms with Crippen LogP contribution in [-0.2, 0) is 4.74 Å². The zero-order valence-electron chi connectivity index (χ0n) is 12.1. The molecule has 1 saturated heterocycles. The fraction of sp³-hybridized carbons (Fsp3) is 0.533. The molecule has 4 nitrogen and oxygen atoms in total. The fourth-order valence-corrected chi connectivity index (χ4v) is 2.69. The van der Waals surface area contributed by atoms with Gasteiger partial charge in [-0.3, -0.25) is 4.90 Å². The molecule has 2 rings (SSSR count). The lowest BCUT2D eigenvalue weighted by Crippen LogP contribution is -2.39. The summed E-state index contributed by atoms with van der Waals surface area (Å²) in [7, 11) is 0. The molecule has 0 aromatic heterocycles. The number of nitrogens with two attached hydrogens (primary N) is 1. The van der Waals surface area contributed by atoms with Crippen molar-refractivity contribution in [2.45, 2.75) is 44.9 Å². The van der Waals surface area contributed by atoms with Crippen molar-refractivity contribution in [1.29, 1.82) is 0 Å². The molecule has 110 valence electrons. The van der Waals surface area contributed by atoms with Crippen LogP contribution in [0.2, 0.25) is 0 Å². The first kappa shape index (κ1) is 15.3. The second-order valence-corrected chi connectivity index (χ2v) is 7.04. The van der Waals surface area contributed by atoms with E-state index >= 15 is 0 Å². The number of amides is 1. The lowest BCUT2D eigenvalue weighted by molar-refractivity contribution is 0.0218. The molecular formula is C15H21BrN2O2. The summed E-state index contributed by atoms with van der Waals surface area (Å²) in [6.45, 7) is 6.25. The van der Waals surface area contributed by atoms with E-state index in [9.17, 15) is 4.79 Å². The molecule has 1 amide bonds. The first-order chi connectivity index (χ1) is 9.28. The van der Waals surface area contributed by atoms with Crippen LogP contribution in [0.5, 0.6) is 0 Å². The summed E-state index contributed by atoms with van der Waals surface area (Å²) in [5.41, 5.74) is 6.73. The number of carbonyl (C=O) groups excluding carboxylic acids is 1. The molecule has 1 aromatic rings. The van der Waals surface area contributed by atoms with Gasteiger partial charge in [-0.15, -0.1) is 0 Å². The van der Waals surface area contributed by atoms with Gasteiger partial charge in [0.1, 0.15) is 5.60 Å². The fourth-order valence-electron chi connectivity index (χ4n) is 2.43. The van der Waals surface area contributed by atoms with Crippen LogP contribution < -0.4 is 5.73 Å². The van der Waals surface area contributed by atoms with E-state index in [0.29, 0.717) is 6.54 Å². The molecule has 1 heterocycles. The smallest absolute Gasteiger partial charge is 0.410 e. The Morgan fingerprint density at radius 1 is 1.35 bits per heavy atom. The highest BCUT2D eigenvalue weighted by Crippen LogP contribution is 2.33. The van der Waals surface area contributed by atoms with E-state index < -0.39 is 5.60 Å². The van der Waals surface area contributed by atoms with E-state index in [4.69, 9.17) is 10.5 Å². The molecule has 1 aromatic carbocycles. The minimum absolute atomic E-state index is 0.0521. The number of benzene rings is 1. The summed E-state index contributed by atoms with van der Waals surface area (Å²) >= 11 is 3.42. The first-order valence-electron chi connectivity index (χ1n) is 6.78. The van der Waals surface area contributed by atoms with Gasteiger partial charge in [-0.25, -0.2) is 4.79 Å². The Balaban J connectivity index is 2.20. The standard InChI is InChI=1S/C15H21BrN2O2/c1-15(2,3)20-14(19)18-9-8-12(17)13(18)10-4-6-11(16)7-5-10/h4-7,12-13H,8-9,17H2,1-3H3/t12-,13-/m0/s1. The highest BCUT2D eigenvalue weighted by molar-refractivity contribution is 9.10. The average molecular weight is 341 g/mol. The first-order valence-corrected chi connectivity index (χ1v) is 7.58. The summed E-state index contributed by atoms with van der Waals surface area (Å²) < 4.78 is 6.48. The monoisotopic (exact) mass is 340 g/mol. The maximum atomic E-state index is 12.3. The van der Waals surface area contributed by atoms with Gasteiger partial charge in [0.25, 0.3) is 0 Å². The van der Waals surface area contributed by atoms with Crippen LogP contribution in [0.25, 0.3) is 0 Å². The minimum Gasteiger partial charge on any atom is -0.444 e. The Bertz CT molecular complexity index is 482. The summed E-state index contributed by atoms with van der Waals surface area (Å²) in [5, 5.41) is 0. The molecule has 1 aliphatic heterocycles. The number of hydrogen-bond donors (Lipinski definition) is 1. The summed E-state index contributed by atoms with van der Waals surface area (Å²) in [5.74, 6) is 0. The van der Waals surface area contributed by atoms with Gasteiger partial charge in [-0.1, -0.05) is 28.1 Å². The van der Waals surface area contributed by atoms with Gasteiger partial charge in [0, 0.05) is 17.1 Å². The Morgan fingerprint density at radius 3 is 2.50 bits per heavy atom. The maximum absolute atomic E-state index is 12.3. The van der Waals surface area contributed by atoms with Crippen LogP contribution in [0.4, 0.5) is 4.79 Å². The van der Waals surface area contributed by atoms with Gasteiger partial charge in [0.05, 0.1) is 6.04 Å². The molecule has 0 aliphatic carbocycles. The third-order valence-corrected chi connectivity index (χ3v) is 3.81. The van der Waals surface area contributed by atoms with Gasteiger partial charge in [-0.2, -0.15) is 0 Å². The molecule has 5 heteroatoms. The Labute approximate surface area is 128 Å². The maximum Gasteiger partial charge on any atom is 0.410 e. The lowest BCUT2D eigenvalue weighted by atomic mass is 10.0. The number of ether oxygens (including phenoxy) is 1. The van der Waals surface area contributed by atoms with Crippen molar-refractivity contribution in [3.8, 4) is 0 Å². The second kappa shape index (κ2) is 5.74. The van der Waals surface area contributed by atoms with E-state index in [1.165, 1.54) is 0 Å². The molecule has 1 fully saturated rings. The van der Waals surface area contributed by atoms with Crippen LogP contribution in [0.1, 0.15) is 38.8 Å².